The molecule has 0 radical (unpaired) electrons. The first-order valence-electron chi connectivity index (χ1n) is 5.09. The van der Waals surface area contributed by atoms with E-state index in [9.17, 15) is 0 Å². The topological polar surface area (TPSA) is 42.4 Å². The fraction of sp³-hybridized carbons (Fsp3) is 0.636. The van der Waals surface area contributed by atoms with Crippen LogP contribution in [0.5, 0.6) is 0 Å². The molecule has 80 valence electrons. The van der Waals surface area contributed by atoms with Crippen molar-refractivity contribution < 1.29 is 4.42 Å². The average Bonchev–Trinajstić information content (AvgIpc) is 2.59. The van der Waals surface area contributed by atoms with Gasteiger partial charge in [-0.15, -0.1) is 0 Å². The SMILES string of the molecule is Cc1ccc(CCN(C)C(C)CN)o1. The van der Waals surface area contributed by atoms with Crippen LogP contribution in [0.25, 0.3) is 0 Å². The Bertz CT molecular complexity index is 270. The summed E-state index contributed by atoms with van der Waals surface area (Å²) in [7, 11) is 2.09. The number of furan rings is 1. The molecule has 1 aromatic rings. The first-order valence-corrected chi connectivity index (χ1v) is 5.09. The summed E-state index contributed by atoms with van der Waals surface area (Å²) in [5.74, 6) is 2.04. The Morgan fingerprint density at radius 2 is 2.21 bits per heavy atom. The van der Waals surface area contributed by atoms with E-state index in [0.717, 1.165) is 24.5 Å². The first-order chi connectivity index (χ1) is 6.63. The highest BCUT2D eigenvalue weighted by Gasteiger charge is 2.07. The predicted molar refractivity (Wildman–Crippen MR) is 58.3 cm³/mol. The van der Waals surface area contributed by atoms with Gasteiger partial charge in [0.15, 0.2) is 0 Å². The van der Waals surface area contributed by atoms with E-state index in [4.69, 9.17) is 10.2 Å². The van der Waals surface area contributed by atoms with Gasteiger partial charge in [-0.25, -0.2) is 0 Å². The number of nitrogens with two attached hydrogens (primary N) is 1. The molecule has 0 bridgehead atoms. The van der Waals surface area contributed by atoms with Crippen molar-refractivity contribution in [1.82, 2.24) is 4.90 Å². The largest absolute Gasteiger partial charge is 0.466 e. The number of hydrogen-bond donors (Lipinski definition) is 1. The summed E-state index contributed by atoms with van der Waals surface area (Å²) in [6.45, 7) is 5.79. The van der Waals surface area contributed by atoms with Gasteiger partial charge >= 0.3 is 0 Å². The van der Waals surface area contributed by atoms with Gasteiger partial charge in [0, 0.05) is 25.6 Å². The average molecular weight is 196 g/mol. The smallest absolute Gasteiger partial charge is 0.105 e. The van der Waals surface area contributed by atoms with Gasteiger partial charge in [0.25, 0.3) is 0 Å². The second-order valence-corrected chi connectivity index (χ2v) is 3.83. The van der Waals surface area contributed by atoms with Crippen molar-refractivity contribution in [2.24, 2.45) is 5.73 Å². The molecule has 1 atom stereocenters. The zero-order valence-electron chi connectivity index (χ0n) is 9.29. The van der Waals surface area contributed by atoms with E-state index in [1.165, 1.54) is 0 Å². The summed E-state index contributed by atoms with van der Waals surface area (Å²) in [5.41, 5.74) is 5.58. The minimum atomic E-state index is 0.436. The molecule has 0 amide bonds. The minimum absolute atomic E-state index is 0.436. The van der Waals surface area contributed by atoms with Gasteiger partial charge in [-0.1, -0.05) is 0 Å². The first kappa shape index (κ1) is 11.3. The molecule has 0 spiro atoms. The van der Waals surface area contributed by atoms with Crippen LogP contribution in [0.15, 0.2) is 16.5 Å². The molecule has 1 rings (SSSR count). The van der Waals surface area contributed by atoms with Gasteiger partial charge < -0.3 is 15.1 Å². The lowest BCUT2D eigenvalue weighted by Gasteiger charge is -2.22. The van der Waals surface area contributed by atoms with Crippen molar-refractivity contribution in [1.29, 1.82) is 0 Å². The molecule has 0 aliphatic carbocycles. The standard InChI is InChI=1S/C11H20N2O/c1-9(8-12)13(3)7-6-11-5-4-10(2)14-11/h4-5,9H,6-8,12H2,1-3H3. The lowest BCUT2D eigenvalue weighted by atomic mass is 10.2. The second-order valence-electron chi connectivity index (χ2n) is 3.83. The summed E-state index contributed by atoms with van der Waals surface area (Å²) >= 11 is 0. The zero-order chi connectivity index (χ0) is 10.6. The number of likely N-dealkylation sites (N-methyl/N-ethyl adjacent to an activating group) is 1. The van der Waals surface area contributed by atoms with Crippen molar-refractivity contribution in [3.8, 4) is 0 Å². The molecule has 1 aromatic heterocycles. The third-order valence-corrected chi connectivity index (χ3v) is 2.60. The highest BCUT2D eigenvalue weighted by Crippen LogP contribution is 2.07. The molecule has 1 unspecified atom stereocenters. The van der Waals surface area contributed by atoms with Crippen molar-refractivity contribution in [2.45, 2.75) is 26.3 Å². The van der Waals surface area contributed by atoms with Gasteiger partial charge in [-0.2, -0.15) is 0 Å². The van der Waals surface area contributed by atoms with Crippen molar-refractivity contribution in [3.63, 3.8) is 0 Å². The van der Waals surface area contributed by atoms with E-state index in [-0.39, 0.29) is 0 Å². The molecule has 14 heavy (non-hydrogen) atoms. The summed E-state index contributed by atoms with van der Waals surface area (Å²) in [6.07, 6.45) is 0.953. The Labute approximate surface area is 85.9 Å². The van der Waals surface area contributed by atoms with Crippen LogP contribution in [0.2, 0.25) is 0 Å². The van der Waals surface area contributed by atoms with Crippen LogP contribution in [0.1, 0.15) is 18.4 Å². The quantitative estimate of drug-likeness (QED) is 0.774. The van der Waals surface area contributed by atoms with E-state index >= 15 is 0 Å². The predicted octanol–water partition coefficient (Wildman–Crippen LogP) is 1.41. The molecule has 0 fully saturated rings. The number of aryl methyl sites for hydroxylation is 1. The molecule has 0 aromatic carbocycles. The van der Waals surface area contributed by atoms with Crippen LogP contribution >= 0.6 is 0 Å². The van der Waals surface area contributed by atoms with Crippen molar-refractivity contribution in [2.75, 3.05) is 20.1 Å². The normalized spacial score (nSPS) is 13.5. The molecule has 3 heteroatoms. The summed E-state index contributed by atoms with van der Waals surface area (Å²) in [5, 5.41) is 0. The Morgan fingerprint density at radius 1 is 1.50 bits per heavy atom. The third-order valence-electron chi connectivity index (χ3n) is 2.60. The highest BCUT2D eigenvalue weighted by atomic mass is 16.3. The van der Waals surface area contributed by atoms with Crippen LogP contribution in [0, 0.1) is 6.92 Å². The van der Waals surface area contributed by atoms with E-state index < -0.39 is 0 Å². The Hall–Kier alpha value is -0.800. The Balaban J connectivity index is 2.33. The van der Waals surface area contributed by atoms with Crippen molar-refractivity contribution >= 4 is 0 Å². The van der Waals surface area contributed by atoms with Gasteiger partial charge in [0.05, 0.1) is 0 Å². The molecule has 3 nitrogen and oxygen atoms in total. The lowest BCUT2D eigenvalue weighted by Crippen LogP contribution is -2.36. The highest BCUT2D eigenvalue weighted by molar-refractivity contribution is 5.05. The molecular weight excluding hydrogens is 176 g/mol. The van der Waals surface area contributed by atoms with Crippen LogP contribution in [-0.2, 0) is 6.42 Å². The maximum atomic E-state index is 5.58. The van der Waals surface area contributed by atoms with E-state index in [1.54, 1.807) is 0 Å². The molecule has 0 aliphatic rings. The fourth-order valence-electron chi connectivity index (χ4n) is 1.31. The van der Waals surface area contributed by atoms with Crippen LogP contribution < -0.4 is 5.73 Å². The second kappa shape index (κ2) is 5.17. The Morgan fingerprint density at radius 3 is 2.71 bits per heavy atom. The van der Waals surface area contributed by atoms with Crippen LogP contribution in [0.3, 0.4) is 0 Å². The maximum Gasteiger partial charge on any atom is 0.105 e. The summed E-state index contributed by atoms with van der Waals surface area (Å²) in [6, 6.07) is 4.48. The monoisotopic (exact) mass is 196 g/mol. The van der Waals surface area contributed by atoms with Crippen LogP contribution in [0.4, 0.5) is 0 Å². The van der Waals surface area contributed by atoms with E-state index in [1.807, 2.05) is 19.1 Å². The third kappa shape index (κ3) is 3.16. The zero-order valence-corrected chi connectivity index (χ0v) is 9.29. The van der Waals surface area contributed by atoms with Gasteiger partial charge in [-0.05, 0) is 33.0 Å². The number of hydrogen-bond acceptors (Lipinski definition) is 3. The lowest BCUT2D eigenvalue weighted by molar-refractivity contribution is 0.259. The Kier molecular flexibility index (Phi) is 4.17. The minimum Gasteiger partial charge on any atom is -0.466 e. The summed E-state index contributed by atoms with van der Waals surface area (Å²) < 4.78 is 5.49. The number of nitrogens with zero attached hydrogens (tertiary/aromatic N) is 1. The van der Waals surface area contributed by atoms with Gasteiger partial charge in [0.2, 0.25) is 0 Å². The fourth-order valence-corrected chi connectivity index (χ4v) is 1.31. The molecule has 2 N–H and O–H groups in total. The summed E-state index contributed by atoms with van der Waals surface area (Å²) in [4.78, 5) is 2.25. The van der Waals surface area contributed by atoms with Gasteiger partial charge in [0.1, 0.15) is 11.5 Å². The molecule has 0 saturated carbocycles. The van der Waals surface area contributed by atoms with E-state index in [2.05, 4.69) is 18.9 Å². The number of rotatable bonds is 5. The molecule has 1 heterocycles. The molecular formula is C11H20N2O. The van der Waals surface area contributed by atoms with Crippen LogP contribution in [-0.4, -0.2) is 31.1 Å². The van der Waals surface area contributed by atoms with E-state index in [0.29, 0.717) is 12.6 Å². The molecule has 0 aliphatic heterocycles. The van der Waals surface area contributed by atoms with Gasteiger partial charge in [-0.3, -0.25) is 0 Å². The molecule has 0 saturated heterocycles. The van der Waals surface area contributed by atoms with Crippen molar-refractivity contribution in [3.05, 3.63) is 23.7 Å². The maximum absolute atomic E-state index is 5.58.